The van der Waals surface area contributed by atoms with E-state index >= 15 is 0 Å². The van der Waals surface area contributed by atoms with Gasteiger partial charge >= 0.3 is 0 Å². The van der Waals surface area contributed by atoms with Gasteiger partial charge in [0.2, 0.25) is 5.91 Å². The maximum absolute atomic E-state index is 13.3. The number of ether oxygens (including phenoxy) is 4. The summed E-state index contributed by atoms with van der Waals surface area (Å²) in [4.78, 5) is 17.4. The number of likely N-dealkylation sites (N-methyl/N-ethyl adjacent to an activating group) is 1. The summed E-state index contributed by atoms with van der Waals surface area (Å²) in [5.41, 5.74) is 4.57. The lowest BCUT2D eigenvalue weighted by molar-refractivity contribution is -0.132. The maximum Gasteiger partial charge on any atom is 0.236 e. The van der Waals surface area contributed by atoms with Crippen LogP contribution in [0.15, 0.2) is 60.7 Å². The second kappa shape index (κ2) is 12.0. The van der Waals surface area contributed by atoms with Gasteiger partial charge in [-0.3, -0.25) is 9.69 Å². The van der Waals surface area contributed by atoms with E-state index in [0.29, 0.717) is 36.8 Å². The molecule has 0 saturated carbocycles. The molecule has 1 aliphatic heterocycles. The Bertz CT molecular complexity index is 1210. The van der Waals surface area contributed by atoms with Gasteiger partial charge in [-0.2, -0.15) is 0 Å². The van der Waals surface area contributed by atoms with E-state index in [1.807, 2.05) is 49.5 Å². The van der Waals surface area contributed by atoms with Gasteiger partial charge in [0.1, 0.15) is 0 Å². The molecule has 1 heterocycles. The molecule has 1 atom stereocenters. The smallest absolute Gasteiger partial charge is 0.236 e. The number of rotatable bonds is 10. The van der Waals surface area contributed by atoms with Gasteiger partial charge in [0, 0.05) is 26.2 Å². The lowest BCUT2D eigenvalue weighted by Crippen LogP contribution is -2.43. The molecule has 0 bridgehead atoms. The minimum absolute atomic E-state index is 0.0178. The van der Waals surface area contributed by atoms with Crippen molar-refractivity contribution in [2.45, 2.75) is 25.4 Å². The van der Waals surface area contributed by atoms with Crippen molar-refractivity contribution < 1.29 is 23.7 Å². The number of hydrogen-bond acceptors (Lipinski definition) is 6. The molecule has 0 aromatic heterocycles. The first-order chi connectivity index (χ1) is 18.0. The molecular weight excluding hydrogens is 468 g/mol. The van der Waals surface area contributed by atoms with Crippen LogP contribution in [0.2, 0.25) is 0 Å². The Labute approximate surface area is 219 Å². The summed E-state index contributed by atoms with van der Waals surface area (Å²) in [5.74, 6) is 2.88. The van der Waals surface area contributed by atoms with E-state index in [0.717, 1.165) is 35.4 Å². The summed E-state index contributed by atoms with van der Waals surface area (Å²) < 4.78 is 22.2. The number of carbonyl (C=O) groups is 1. The molecule has 7 heteroatoms. The van der Waals surface area contributed by atoms with Crippen LogP contribution < -0.4 is 18.9 Å². The highest BCUT2D eigenvalue weighted by atomic mass is 16.5. The predicted octanol–water partition coefficient (Wildman–Crippen LogP) is 4.52. The van der Waals surface area contributed by atoms with Gasteiger partial charge in [-0.05, 0) is 59.4 Å². The molecule has 4 rings (SSSR count). The van der Waals surface area contributed by atoms with Crippen molar-refractivity contribution in [1.29, 1.82) is 0 Å². The van der Waals surface area contributed by atoms with Gasteiger partial charge in [0.25, 0.3) is 0 Å². The minimum atomic E-state index is -0.0178. The van der Waals surface area contributed by atoms with Crippen LogP contribution in [0.1, 0.15) is 28.3 Å². The third-order valence-corrected chi connectivity index (χ3v) is 7.02. The van der Waals surface area contributed by atoms with E-state index in [1.165, 1.54) is 5.56 Å². The van der Waals surface area contributed by atoms with E-state index in [2.05, 4.69) is 23.1 Å². The van der Waals surface area contributed by atoms with Crippen molar-refractivity contribution in [3.05, 3.63) is 82.9 Å². The molecule has 0 unspecified atom stereocenters. The van der Waals surface area contributed by atoms with Crippen LogP contribution in [0, 0.1) is 0 Å². The minimum Gasteiger partial charge on any atom is -0.493 e. The first-order valence-corrected chi connectivity index (χ1v) is 12.4. The van der Waals surface area contributed by atoms with Crippen LogP contribution in [-0.2, 0) is 24.2 Å². The molecule has 0 N–H and O–H groups in total. The van der Waals surface area contributed by atoms with Crippen molar-refractivity contribution in [1.82, 2.24) is 9.80 Å². The van der Waals surface area contributed by atoms with Crippen LogP contribution in [0.3, 0.4) is 0 Å². The van der Waals surface area contributed by atoms with E-state index in [4.69, 9.17) is 18.9 Å². The Hall–Kier alpha value is -3.71. The Balaban J connectivity index is 1.63. The van der Waals surface area contributed by atoms with Gasteiger partial charge in [0.15, 0.2) is 23.0 Å². The molecule has 1 amide bonds. The molecule has 196 valence electrons. The van der Waals surface area contributed by atoms with Crippen molar-refractivity contribution in [2.75, 3.05) is 48.6 Å². The number of hydrogen-bond donors (Lipinski definition) is 0. The second-order valence-corrected chi connectivity index (χ2v) is 9.27. The van der Waals surface area contributed by atoms with Gasteiger partial charge in [-0.15, -0.1) is 0 Å². The first-order valence-electron chi connectivity index (χ1n) is 12.4. The zero-order valence-electron chi connectivity index (χ0n) is 22.3. The van der Waals surface area contributed by atoms with Crippen LogP contribution in [0.25, 0.3) is 0 Å². The summed E-state index contributed by atoms with van der Waals surface area (Å²) >= 11 is 0. The van der Waals surface area contributed by atoms with Gasteiger partial charge in [0.05, 0.1) is 35.0 Å². The number of carbonyl (C=O) groups excluding carboxylic acids is 1. The summed E-state index contributed by atoms with van der Waals surface area (Å²) in [5, 5.41) is 0. The fourth-order valence-corrected chi connectivity index (χ4v) is 4.98. The highest BCUT2D eigenvalue weighted by molar-refractivity contribution is 5.78. The van der Waals surface area contributed by atoms with E-state index < -0.39 is 0 Å². The largest absolute Gasteiger partial charge is 0.493 e. The summed E-state index contributed by atoms with van der Waals surface area (Å²) in [6.07, 6.45) is 1.53. The Morgan fingerprint density at radius 3 is 2.16 bits per heavy atom. The molecular formula is C30H36N2O5. The quantitative estimate of drug-likeness (QED) is 0.405. The molecule has 0 fully saturated rings. The van der Waals surface area contributed by atoms with Crippen LogP contribution in [0.5, 0.6) is 23.0 Å². The van der Waals surface area contributed by atoms with Crippen LogP contribution in [0.4, 0.5) is 0 Å². The zero-order chi connectivity index (χ0) is 26.4. The Morgan fingerprint density at radius 2 is 1.49 bits per heavy atom. The standard InChI is InChI=1S/C30H36N2O5/c1-31(19-21-9-7-6-8-10-21)30(33)20-32-14-13-23-17-28(36-4)29(37-5)18-24(23)25(32)15-22-11-12-26(34-2)27(16-22)35-3/h6-12,16-18,25H,13-15,19-20H2,1-5H3/t25-/m0/s1. The highest BCUT2D eigenvalue weighted by Gasteiger charge is 2.31. The fraction of sp³-hybridized carbons (Fsp3) is 0.367. The van der Waals surface area contributed by atoms with E-state index in [1.54, 1.807) is 33.3 Å². The second-order valence-electron chi connectivity index (χ2n) is 9.27. The first kappa shape index (κ1) is 26.4. The molecule has 37 heavy (non-hydrogen) atoms. The van der Waals surface area contributed by atoms with Crippen molar-refractivity contribution >= 4 is 5.91 Å². The van der Waals surface area contributed by atoms with Gasteiger partial charge < -0.3 is 23.8 Å². The Morgan fingerprint density at radius 1 is 0.838 bits per heavy atom. The summed E-state index contributed by atoms with van der Waals surface area (Å²) in [7, 11) is 8.44. The molecule has 1 aliphatic rings. The SMILES string of the molecule is COc1ccc(C[C@H]2c3cc(OC)c(OC)cc3CCN2CC(=O)N(C)Cc2ccccc2)cc1OC. The van der Waals surface area contributed by atoms with E-state index in [9.17, 15) is 4.79 Å². The number of benzene rings is 3. The number of fused-ring (bicyclic) bond motifs is 1. The number of methoxy groups -OCH3 is 4. The van der Waals surface area contributed by atoms with E-state index in [-0.39, 0.29) is 11.9 Å². The molecule has 0 aliphatic carbocycles. The van der Waals surface area contributed by atoms with Gasteiger partial charge in [-0.25, -0.2) is 0 Å². The average molecular weight is 505 g/mol. The number of amides is 1. The molecule has 0 radical (unpaired) electrons. The Kier molecular flexibility index (Phi) is 8.56. The maximum atomic E-state index is 13.3. The third-order valence-electron chi connectivity index (χ3n) is 7.02. The zero-order valence-corrected chi connectivity index (χ0v) is 22.3. The average Bonchev–Trinajstić information content (AvgIpc) is 2.93. The predicted molar refractivity (Wildman–Crippen MR) is 144 cm³/mol. The summed E-state index contributed by atoms with van der Waals surface area (Å²) in [6, 6.07) is 20.2. The lowest BCUT2D eigenvalue weighted by atomic mass is 9.88. The van der Waals surface area contributed by atoms with Gasteiger partial charge in [-0.1, -0.05) is 36.4 Å². The molecule has 0 spiro atoms. The van der Waals surface area contributed by atoms with Crippen molar-refractivity contribution in [3.63, 3.8) is 0 Å². The number of nitrogens with zero attached hydrogens (tertiary/aromatic N) is 2. The molecule has 0 saturated heterocycles. The topological polar surface area (TPSA) is 60.5 Å². The highest BCUT2D eigenvalue weighted by Crippen LogP contribution is 2.40. The lowest BCUT2D eigenvalue weighted by Gasteiger charge is -2.38. The molecule has 3 aromatic carbocycles. The summed E-state index contributed by atoms with van der Waals surface area (Å²) in [6.45, 7) is 1.68. The normalized spacial score (nSPS) is 15.0. The fourth-order valence-electron chi connectivity index (χ4n) is 4.98. The van der Waals surface area contributed by atoms with Crippen molar-refractivity contribution in [3.8, 4) is 23.0 Å². The monoisotopic (exact) mass is 504 g/mol. The molecule has 7 nitrogen and oxygen atoms in total. The molecule has 3 aromatic rings. The van der Waals surface area contributed by atoms with Crippen LogP contribution >= 0.6 is 0 Å². The van der Waals surface area contributed by atoms with Crippen molar-refractivity contribution in [2.24, 2.45) is 0 Å². The van der Waals surface area contributed by atoms with Crippen LogP contribution in [-0.4, -0.2) is 64.3 Å². The third kappa shape index (κ3) is 6.00.